The van der Waals surface area contributed by atoms with Crippen LogP contribution in [-0.4, -0.2) is 64.9 Å². The van der Waals surface area contributed by atoms with E-state index in [-0.39, 0.29) is 17.4 Å². The fourth-order valence-corrected chi connectivity index (χ4v) is 3.67. The Bertz CT molecular complexity index is 953. The topological polar surface area (TPSA) is 83.0 Å². The number of nitrogens with zero attached hydrogens (tertiary/aromatic N) is 3. The molecule has 164 valence electrons. The summed E-state index contributed by atoms with van der Waals surface area (Å²) in [5.41, 5.74) is 1.23. The van der Waals surface area contributed by atoms with Crippen LogP contribution in [0.25, 0.3) is 5.76 Å². The highest BCUT2D eigenvalue weighted by Gasteiger charge is 2.45. The Labute approximate surface area is 183 Å². The summed E-state index contributed by atoms with van der Waals surface area (Å²) in [6, 6.07) is 9.74. The molecule has 1 aromatic heterocycles. The molecular weight excluding hydrogens is 394 g/mol. The number of benzene rings is 1. The average Bonchev–Trinajstić information content (AvgIpc) is 2.99. The van der Waals surface area contributed by atoms with Gasteiger partial charge in [0.25, 0.3) is 11.7 Å². The smallest absolute Gasteiger partial charge is 0.295 e. The number of carbonyl (C=O) groups is 2. The molecule has 0 saturated carbocycles. The summed E-state index contributed by atoms with van der Waals surface area (Å²) in [6.07, 6.45) is 3.99. The van der Waals surface area contributed by atoms with Gasteiger partial charge < -0.3 is 19.6 Å². The van der Waals surface area contributed by atoms with Crippen LogP contribution in [0.2, 0.25) is 0 Å². The fourth-order valence-electron chi connectivity index (χ4n) is 3.67. The lowest BCUT2D eigenvalue weighted by molar-refractivity contribution is -0.139. The minimum Gasteiger partial charge on any atom is -0.507 e. The van der Waals surface area contributed by atoms with E-state index in [1.54, 1.807) is 42.7 Å². The van der Waals surface area contributed by atoms with Crippen LogP contribution in [0.3, 0.4) is 0 Å². The van der Waals surface area contributed by atoms with E-state index in [0.717, 1.165) is 6.54 Å². The quantitative estimate of drug-likeness (QED) is 0.399. The van der Waals surface area contributed by atoms with Gasteiger partial charge in [-0.05, 0) is 76.8 Å². The lowest BCUT2D eigenvalue weighted by Gasteiger charge is -2.25. The Balaban J connectivity index is 2.01. The number of hydrogen-bond donors (Lipinski definition) is 1. The summed E-state index contributed by atoms with van der Waals surface area (Å²) in [5, 5.41) is 11.1. The molecule has 2 aromatic rings. The summed E-state index contributed by atoms with van der Waals surface area (Å²) in [6.45, 7) is 5.04. The minimum absolute atomic E-state index is 0.0255. The van der Waals surface area contributed by atoms with Crippen molar-refractivity contribution in [2.24, 2.45) is 0 Å². The van der Waals surface area contributed by atoms with Gasteiger partial charge in [0, 0.05) is 24.5 Å². The predicted octanol–water partition coefficient (Wildman–Crippen LogP) is 3.24. The second kappa shape index (κ2) is 9.75. The molecule has 31 heavy (non-hydrogen) atoms. The highest BCUT2D eigenvalue weighted by atomic mass is 16.5. The van der Waals surface area contributed by atoms with Crippen molar-refractivity contribution in [3.63, 3.8) is 0 Å². The average molecular weight is 424 g/mol. The van der Waals surface area contributed by atoms with E-state index >= 15 is 0 Å². The summed E-state index contributed by atoms with van der Waals surface area (Å²) >= 11 is 0. The molecule has 7 nitrogen and oxygen atoms in total. The maximum Gasteiger partial charge on any atom is 0.295 e. The molecule has 0 bridgehead atoms. The number of rotatable bonds is 8. The van der Waals surface area contributed by atoms with Crippen LogP contribution in [0.15, 0.2) is 54.4 Å². The molecule has 2 heterocycles. The zero-order valence-corrected chi connectivity index (χ0v) is 18.4. The standard InChI is InChI=1S/C24H29N3O4/c1-16(2)31-19-10-8-17(9-11-19)22(28)20-21(18-7-5-12-25-15-18)27(24(30)23(20)29)14-6-13-26(3)4/h5,7-12,15-16,21,28H,6,13-14H2,1-4H3/t21-/m0/s1. The van der Waals surface area contributed by atoms with Crippen molar-refractivity contribution >= 4 is 17.4 Å². The molecule has 1 saturated heterocycles. The van der Waals surface area contributed by atoms with E-state index in [2.05, 4.69) is 4.98 Å². The molecule has 1 aromatic carbocycles. The van der Waals surface area contributed by atoms with Crippen molar-refractivity contribution in [2.75, 3.05) is 27.2 Å². The zero-order valence-electron chi connectivity index (χ0n) is 18.4. The second-order valence-corrected chi connectivity index (χ2v) is 8.13. The van der Waals surface area contributed by atoms with Crippen LogP contribution in [0.4, 0.5) is 0 Å². The highest BCUT2D eigenvalue weighted by Crippen LogP contribution is 2.39. The Morgan fingerprint density at radius 3 is 2.48 bits per heavy atom. The van der Waals surface area contributed by atoms with Gasteiger partial charge in [-0.1, -0.05) is 6.07 Å². The van der Waals surface area contributed by atoms with E-state index < -0.39 is 17.7 Å². The molecule has 0 aliphatic carbocycles. The van der Waals surface area contributed by atoms with Crippen molar-refractivity contribution in [2.45, 2.75) is 32.4 Å². The molecule has 7 heteroatoms. The third kappa shape index (κ3) is 5.11. The highest BCUT2D eigenvalue weighted by molar-refractivity contribution is 6.46. The third-order valence-electron chi connectivity index (χ3n) is 5.04. The van der Waals surface area contributed by atoms with Gasteiger partial charge in [-0.3, -0.25) is 14.6 Å². The number of hydrogen-bond acceptors (Lipinski definition) is 6. The van der Waals surface area contributed by atoms with Crippen LogP contribution in [-0.2, 0) is 9.59 Å². The number of amides is 1. The number of aromatic nitrogens is 1. The summed E-state index contributed by atoms with van der Waals surface area (Å²) in [4.78, 5) is 33.5. The monoisotopic (exact) mass is 423 g/mol. The molecule has 3 rings (SSSR count). The first-order valence-electron chi connectivity index (χ1n) is 10.4. The van der Waals surface area contributed by atoms with Gasteiger partial charge in [-0.2, -0.15) is 0 Å². The van der Waals surface area contributed by atoms with Gasteiger partial charge in [0.15, 0.2) is 0 Å². The van der Waals surface area contributed by atoms with Crippen LogP contribution < -0.4 is 4.74 Å². The van der Waals surface area contributed by atoms with Crippen molar-refractivity contribution in [3.8, 4) is 5.75 Å². The summed E-state index contributed by atoms with van der Waals surface area (Å²) in [7, 11) is 3.92. The lowest BCUT2D eigenvalue weighted by Crippen LogP contribution is -2.32. The third-order valence-corrected chi connectivity index (χ3v) is 5.04. The number of aliphatic hydroxyl groups excluding tert-OH is 1. The van der Waals surface area contributed by atoms with Gasteiger partial charge in [0.1, 0.15) is 11.5 Å². The fraction of sp³-hybridized carbons (Fsp3) is 0.375. The molecule has 0 radical (unpaired) electrons. The Hall–Kier alpha value is -3.19. The SMILES string of the molecule is CC(C)Oc1ccc(C(O)=C2C(=O)C(=O)N(CCCN(C)C)[C@H]2c2cccnc2)cc1. The Morgan fingerprint density at radius 1 is 1.19 bits per heavy atom. The maximum absolute atomic E-state index is 13.0. The molecule has 1 aliphatic rings. The number of carbonyl (C=O) groups excluding carboxylic acids is 2. The molecule has 1 N–H and O–H groups in total. The zero-order chi connectivity index (χ0) is 22.5. The van der Waals surface area contributed by atoms with Crippen LogP contribution >= 0.6 is 0 Å². The van der Waals surface area contributed by atoms with E-state index in [0.29, 0.717) is 29.8 Å². The number of ether oxygens (including phenoxy) is 1. The molecule has 1 atom stereocenters. The summed E-state index contributed by atoms with van der Waals surface area (Å²) in [5.74, 6) is -0.814. The minimum atomic E-state index is -0.682. The first-order valence-corrected chi connectivity index (χ1v) is 10.4. The molecule has 0 spiro atoms. The van der Waals surface area contributed by atoms with E-state index in [9.17, 15) is 14.7 Å². The van der Waals surface area contributed by atoms with Crippen molar-refractivity contribution in [3.05, 3.63) is 65.5 Å². The molecular formula is C24H29N3O4. The van der Waals surface area contributed by atoms with Crippen molar-refractivity contribution in [1.82, 2.24) is 14.8 Å². The number of ketones is 1. The molecule has 0 unspecified atom stereocenters. The van der Waals surface area contributed by atoms with Gasteiger partial charge in [0.05, 0.1) is 17.7 Å². The van der Waals surface area contributed by atoms with E-state index in [1.165, 1.54) is 4.90 Å². The van der Waals surface area contributed by atoms with Gasteiger partial charge in [-0.15, -0.1) is 0 Å². The largest absolute Gasteiger partial charge is 0.507 e. The number of aliphatic hydroxyl groups is 1. The van der Waals surface area contributed by atoms with Crippen LogP contribution in [0.1, 0.15) is 37.4 Å². The van der Waals surface area contributed by atoms with Gasteiger partial charge in [-0.25, -0.2) is 0 Å². The first kappa shape index (κ1) is 22.5. The molecule has 1 aliphatic heterocycles. The lowest BCUT2D eigenvalue weighted by atomic mass is 9.96. The first-order chi connectivity index (χ1) is 14.8. The van der Waals surface area contributed by atoms with Crippen molar-refractivity contribution < 1.29 is 19.4 Å². The van der Waals surface area contributed by atoms with E-state index in [1.807, 2.05) is 38.9 Å². The Kier molecular flexibility index (Phi) is 7.07. The molecule has 1 fully saturated rings. The Morgan fingerprint density at radius 2 is 1.90 bits per heavy atom. The van der Waals surface area contributed by atoms with Gasteiger partial charge in [0.2, 0.25) is 0 Å². The number of pyridine rings is 1. The molecule has 1 amide bonds. The van der Waals surface area contributed by atoms with Gasteiger partial charge >= 0.3 is 0 Å². The number of Topliss-reactive ketones (excluding diaryl/α,β-unsaturated/α-hetero) is 1. The van der Waals surface area contributed by atoms with E-state index in [4.69, 9.17) is 4.74 Å². The van der Waals surface area contributed by atoms with Crippen molar-refractivity contribution in [1.29, 1.82) is 0 Å². The van der Waals surface area contributed by atoms with Crippen LogP contribution in [0, 0.1) is 0 Å². The predicted molar refractivity (Wildman–Crippen MR) is 119 cm³/mol. The summed E-state index contributed by atoms with van der Waals surface area (Å²) < 4.78 is 5.64. The number of likely N-dealkylation sites (tertiary alicyclic amines) is 1. The van der Waals surface area contributed by atoms with Crippen LogP contribution in [0.5, 0.6) is 5.75 Å². The maximum atomic E-state index is 13.0. The normalized spacial score (nSPS) is 18.3. The second-order valence-electron chi connectivity index (χ2n) is 8.13.